The minimum Gasteiger partial charge on any atom is -0.457 e. The van der Waals surface area contributed by atoms with Gasteiger partial charge in [0.25, 0.3) is 0 Å². The quantitative estimate of drug-likeness (QED) is 0.245. The van der Waals surface area contributed by atoms with Crippen molar-refractivity contribution in [2.24, 2.45) is 15.7 Å². The van der Waals surface area contributed by atoms with Gasteiger partial charge in [0.2, 0.25) is 5.96 Å². The molecule has 1 aromatic rings. The van der Waals surface area contributed by atoms with Gasteiger partial charge in [-0.25, -0.2) is 9.98 Å². The van der Waals surface area contributed by atoms with Gasteiger partial charge >= 0.3 is 0 Å². The maximum Gasteiger partial charge on any atom is 0.224 e. The van der Waals surface area contributed by atoms with E-state index >= 15 is 0 Å². The van der Waals surface area contributed by atoms with Gasteiger partial charge in [-0.05, 0) is 26.1 Å². The van der Waals surface area contributed by atoms with Crippen molar-refractivity contribution in [1.29, 1.82) is 0 Å². The second kappa shape index (κ2) is 9.98. The third-order valence-corrected chi connectivity index (χ3v) is 3.18. The summed E-state index contributed by atoms with van der Waals surface area (Å²) in [5, 5.41) is 20.9. The molecular formula is C18H23N5O3. The fourth-order valence-electron chi connectivity index (χ4n) is 1.74. The molecule has 0 saturated heterocycles. The van der Waals surface area contributed by atoms with Crippen LogP contribution in [0.15, 0.2) is 40.4 Å². The first-order valence-corrected chi connectivity index (χ1v) is 7.67. The maximum atomic E-state index is 9.34. The molecule has 1 aromatic heterocycles. The standard InChI is InChI=1S/C18H23N5O3/c1-6-13-7-16(15(9-21-13)11(2)3)26-12(4)17(19)23-18(20-5)22-8-14(25)10-24/h1,7,9,14,24-25H,2,5,8,10,19H2,3-4H3,(H,22,23)/b17-12+. The summed E-state index contributed by atoms with van der Waals surface area (Å²) < 4.78 is 5.78. The maximum absolute atomic E-state index is 9.34. The fraction of sp³-hybridized carbons (Fsp3) is 0.278. The van der Waals surface area contributed by atoms with E-state index in [1.807, 2.05) is 6.92 Å². The minimum atomic E-state index is -0.957. The van der Waals surface area contributed by atoms with Crippen molar-refractivity contribution in [2.75, 3.05) is 13.2 Å². The molecule has 1 rings (SSSR count). The molecule has 8 heteroatoms. The summed E-state index contributed by atoms with van der Waals surface area (Å²) in [6.07, 6.45) is 5.99. The molecule has 26 heavy (non-hydrogen) atoms. The Morgan fingerprint density at radius 2 is 2.23 bits per heavy atom. The normalized spacial score (nSPS) is 13.3. The van der Waals surface area contributed by atoms with Crippen molar-refractivity contribution < 1.29 is 14.9 Å². The van der Waals surface area contributed by atoms with Gasteiger partial charge < -0.3 is 26.0 Å². The zero-order valence-electron chi connectivity index (χ0n) is 14.9. The van der Waals surface area contributed by atoms with Crippen molar-refractivity contribution in [1.82, 2.24) is 10.3 Å². The van der Waals surface area contributed by atoms with Crippen LogP contribution in [0.4, 0.5) is 0 Å². The molecule has 1 heterocycles. The predicted octanol–water partition coefficient (Wildman–Crippen LogP) is 0.622. The van der Waals surface area contributed by atoms with Crippen LogP contribution in [0.2, 0.25) is 0 Å². The summed E-state index contributed by atoms with van der Waals surface area (Å²) in [7, 11) is 0. The molecule has 1 atom stereocenters. The van der Waals surface area contributed by atoms with Crippen LogP contribution in [-0.4, -0.2) is 47.1 Å². The van der Waals surface area contributed by atoms with Crippen LogP contribution in [0.5, 0.6) is 5.75 Å². The van der Waals surface area contributed by atoms with Gasteiger partial charge in [-0.15, -0.1) is 6.42 Å². The number of pyridine rings is 1. The van der Waals surface area contributed by atoms with Gasteiger partial charge in [0.1, 0.15) is 17.2 Å². The lowest BCUT2D eigenvalue weighted by Crippen LogP contribution is -2.33. The van der Waals surface area contributed by atoms with Gasteiger partial charge in [-0.2, -0.15) is 4.99 Å². The zero-order chi connectivity index (χ0) is 19.7. The zero-order valence-corrected chi connectivity index (χ0v) is 14.9. The van der Waals surface area contributed by atoms with Crippen LogP contribution < -0.4 is 15.8 Å². The molecule has 0 amide bonds. The highest BCUT2D eigenvalue weighted by Gasteiger charge is 2.10. The Labute approximate surface area is 152 Å². The summed E-state index contributed by atoms with van der Waals surface area (Å²) >= 11 is 0. The number of ether oxygens (including phenoxy) is 1. The van der Waals surface area contributed by atoms with E-state index in [2.05, 4.69) is 39.5 Å². The molecule has 8 nitrogen and oxygen atoms in total. The van der Waals surface area contributed by atoms with E-state index in [1.54, 1.807) is 19.2 Å². The lowest BCUT2D eigenvalue weighted by molar-refractivity contribution is 0.0982. The average Bonchev–Trinajstić information content (AvgIpc) is 2.63. The largest absolute Gasteiger partial charge is 0.457 e. The molecule has 0 aliphatic carbocycles. The molecule has 0 aliphatic rings. The Morgan fingerprint density at radius 3 is 2.77 bits per heavy atom. The number of allylic oxidation sites excluding steroid dienone is 2. The van der Waals surface area contributed by atoms with E-state index < -0.39 is 12.7 Å². The Kier molecular flexibility index (Phi) is 8.02. The molecule has 0 fully saturated rings. The number of guanidine groups is 1. The van der Waals surface area contributed by atoms with Crippen LogP contribution in [0.25, 0.3) is 5.57 Å². The van der Waals surface area contributed by atoms with E-state index in [0.717, 1.165) is 5.57 Å². The Hall–Kier alpha value is -3.15. The Morgan fingerprint density at radius 1 is 1.54 bits per heavy atom. The Balaban J connectivity index is 3.08. The first kappa shape index (κ1) is 20.9. The van der Waals surface area contributed by atoms with E-state index in [1.165, 1.54) is 0 Å². The van der Waals surface area contributed by atoms with Gasteiger partial charge in [0.05, 0.1) is 12.7 Å². The summed E-state index contributed by atoms with van der Waals surface area (Å²) in [5.74, 6) is 3.31. The summed E-state index contributed by atoms with van der Waals surface area (Å²) in [4.78, 5) is 11.8. The molecule has 0 spiro atoms. The molecule has 0 aromatic carbocycles. The molecule has 0 saturated carbocycles. The number of nitrogens with zero attached hydrogens (tertiary/aromatic N) is 3. The van der Waals surface area contributed by atoms with E-state index in [9.17, 15) is 5.11 Å². The van der Waals surface area contributed by atoms with E-state index in [4.69, 9.17) is 22.0 Å². The second-order valence-corrected chi connectivity index (χ2v) is 5.34. The van der Waals surface area contributed by atoms with Crippen molar-refractivity contribution in [3.63, 3.8) is 0 Å². The number of rotatable bonds is 7. The number of hydrogen-bond donors (Lipinski definition) is 4. The smallest absolute Gasteiger partial charge is 0.224 e. The molecule has 0 aliphatic heterocycles. The minimum absolute atomic E-state index is 0.0389. The molecule has 138 valence electrons. The summed E-state index contributed by atoms with van der Waals surface area (Å²) in [6, 6.07) is 1.60. The fourth-order valence-corrected chi connectivity index (χ4v) is 1.74. The van der Waals surface area contributed by atoms with Gasteiger partial charge in [0.15, 0.2) is 5.82 Å². The molecule has 5 N–H and O–H groups in total. The first-order valence-electron chi connectivity index (χ1n) is 7.67. The molecule has 1 unspecified atom stereocenters. The van der Waals surface area contributed by atoms with Gasteiger partial charge in [-0.3, -0.25) is 0 Å². The van der Waals surface area contributed by atoms with Crippen molar-refractivity contribution >= 4 is 18.3 Å². The number of nitrogens with one attached hydrogen (secondary N) is 1. The Bertz CT molecular complexity index is 778. The first-order chi connectivity index (χ1) is 12.3. The second-order valence-electron chi connectivity index (χ2n) is 5.34. The number of terminal acetylenes is 1. The third kappa shape index (κ3) is 6.05. The van der Waals surface area contributed by atoms with E-state index in [0.29, 0.717) is 22.8 Å². The number of aliphatic imine (C=N–C) groups is 2. The summed E-state index contributed by atoms with van der Waals surface area (Å²) in [6.45, 7) is 10.3. The van der Waals surface area contributed by atoms with Crippen molar-refractivity contribution in [3.8, 4) is 18.1 Å². The number of aliphatic hydroxyl groups excluding tert-OH is 2. The lowest BCUT2D eigenvalue weighted by atomic mass is 10.1. The monoisotopic (exact) mass is 357 g/mol. The average molecular weight is 357 g/mol. The lowest BCUT2D eigenvalue weighted by Gasteiger charge is -2.13. The SMILES string of the molecule is C#Cc1cc(O/C(C)=C(N)/N=C(\N=C)NCC(O)CO)c(C(=C)C)cn1. The third-order valence-electron chi connectivity index (χ3n) is 3.18. The number of aliphatic hydroxyl groups is 2. The van der Waals surface area contributed by atoms with Crippen LogP contribution in [0, 0.1) is 12.3 Å². The van der Waals surface area contributed by atoms with Crippen molar-refractivity contribution in [3.05, 3.63) is 41.7 Å². The van der Waals surface area contributed by atoms with Gasteiger partial charge in [0, 0.05) is 24.4 Å². The van der Waals surface area contributed by atoms with Crippen LogP contribution in [-0.2, 0) is 0 Å². The highest BCUT2D eigenvalue weighted by atomic mass is 16.5. The highest BCUT2D eigenvalue weighted by Crippen LogP contribution is 2.26. The van der Waals surface area contributed by atoms with Crippen LogP contribution in [0.3, 0.4) is 0 Å². The summed E-state index contributed by atoms with van der Waals surface area (Å²) in [5.41, 5.74) is 7.77. The topological polar surface area (TPSA) is 125 Å². The van der Waals surface area contributed by atoms with Crippen LogP contribution >= 0.6 is 0 Å². The van der Waals surface area contributed by atoms with Crippen molar-refractivity contribution in [2.45, 2.75) is 20.0 Å². The molecular weight excluding hydrogens is 334 g/mol. The number of aromatic nitrogens is 1. The van der Waals surface area contributed by atoms with Crippen LogP contribution in [0.1, 0.15) is 25.1 Å². The predicted molar refractivity (Wildman–Crippen MR) is 102 cm³/mol. The van der Waals surface area contributed by atoms with E-state index in [-0.39, 0.29) is 18.3 Å². The number of hydrogen-bond acceptors (Lipinski definition) is 6. The van der Waals surface area contributed by atoms with Gasteiger partial charge in [-0.1, -0.05) is 12.5 Å². The number of nitrogens with two attached hydrogens (primary N) is 1. The highest BCUT2D eigenvalue weighted by molar-refractivity contribution is 5.84. The molecule has 0 radical (unpaired) electrons. The molecule has 0 bridgehead atoms.